The molecule has 3 heteroatoms. The molecule has 12 heavy (non-hydrogen) atoms. The first-order valence-corrected chi connectivity index (χ1v) is 4.22. The van der Waals surface area contributed by atoms with E-state index in [2.05, 4.69) is 5.32 Å². The lowest BCUT2D eigenvalue weighted by molar-refractivity contribution is -0.116. The SMILES string of the molecule is C/C=C/C(=O)NCC(C)CCO. The largest absolute Gasteiger partial charge is 0.396 e. The van der Waals surface area contributed by atoms with Gasteiger partial charge in [-0.1, -0.05) is 13.0 Å². The number of carbonyl (C=O) groups excluding carboxylic acids is 1. The number of hydrogen-bond donors (Lipinski definition) is 2. The smallest absolute Gasteiger partial charge is 0.243 e. The van der Waals surface area contributed by atoms with Crippen LogP contribution < -0.4 is 5.32 Å². The van der Waals surface area contributed by atoms with Crippen LogP contribution in [0.25, 0.3) is 0 Å². The van der Waals surface area contributed by atoms with Gasteiger partial charge in [0.05, 0.1) is 0 Å². The monoisotopic (exact) mass is 171 g/mol. The zero-order valence-corrected chi connectivity index (χ0v) is 7.71. The molecule has 0 aromatic heterocycles. The molecule has 0 saturated heterocycles. The Morgan fingerprint density at radius 1 is 1.67 bits per heavy atom. The predicted molar refractivity (Wildman–Crippen MR) is 48.7 cm³/mol. The summed E-state index contributed by atoms with van der Waals surface area (Å²) in [6.45, 7) is 4.60. The first-order valence-electron chi connectivity index (χ1n) is 4.22. The molecule has 0 rings (SSSR count). The maximum absolute atomic E-state index is 10.9. The average Bonchev–Trinajstić information content (AvgIpc) is 2.02. The lowest BCUT2D eigenvalue weighted by atomic mass is 10.1. The third-order valence-corrected chi connectivity index (χ3v) is 1.56. The van der Waals surface area contributed by atoms with Gasteiger partial charge in [-0.05, 0) is 25.3 Å². The molecule has 0 radical (unpaired) electrons. The highest BCUT2D eigenvalue weighted by atomic mass is 16.3. The molecule has 70 valence electrons. The van der Waals surface area contributed by atoms with Crippen LogP contribution in [0.2, 0.25) is 0 Å². The standard InChI is InChI=1S/C9H17NO2/c1-3-4-9(12)10-7-8(2)5-6-11/h3-4,8,11H,5-7H2,1-2H3,(H,10,12)/b4-3+. The Morgan fingerprint density at radius 3 is 2.83 bits per heavy atom. The molecule has 1 atom stereocenters. The number of amides is 1. The molecule has 0 aromatic carbocycles. The Hall–Kier alpha value is -0.830. The number of aliphatic hydroxyl groups excluding tert-OH is 1. The van der Waals surface area contributed by atoms with Gasteiger partial charge in [0.25, 0.3) is 0 Å². The van der Waals surface area contributed by atoms with E-state index < -0.39 is 0 Å². The zero-order valence-electron chi connectivity index (χ0n) is 7.71. The van der Waals surface area contributed by atoms with Crippen molar-refractivity contribution in [3.8, 4) is 0 Å². The van der Waals surface area contributed by atoms with Gasteiger partial charge in [0, 0.05) is 13.2 Å². The summed E-state index contributed by atoms with van der Waals surface area (Å²) in [6.07, 6.45) is 3.92. The lowest BCUT2D eigenvalue weighted by Gasteiger charge is -2.09. The first kappa shape index (κ1) is 11.2. The van der Waals surface area contributed by atoms with Crippen LogP contribution in [0, 0.1) is 5.92 Å². The van der Waals surface area contributed by atoms with Gasteiger partial charge >= 0.3 is 0 Å². The minimum atomic E-state index is -0.0673. The minimum absolute atomic E-state index is 0.0673. The summed E-state index contributed by atoms with van der Waals surface area (Å²) in [5.41, 5.74) is 0. The summed E-state index contributed by atoms with van der Waals surface area (Å²) in [4.78, 5) is 10.9. The first-order chi connectivity index (χ1) is 5.70. The van der Waals surface area contributed by atoms with E-state index in [1.165, 1.54) is 6.08 Å². The molecule has 0 bridgehead atoms. The van der Waals surface area contributed by atoms with E-state index in [1.54, 1.807) is 13.0 Å². The second-order valence-electron chi connectivity index (χ2n) is 2.86. The van der Waals surface area contributed by atoms with Crippen LogP contribution in [0.15, 0.2) is 12.2 Å². The summed E-state index contributed by atoms with van der Waals surface area (Å²) < 4.78 is 0. The van der Waals surface area contributed by atoms with Crippen molar-refractivity contribution in [3.05, 3.63) is 12.2 Å². The highest BCUT2D eigenvalue weighted by Gasteiger charge is 2.01. The van der Waals surface area contributed by atoms with E-state index in [-0.39, 0.29) is 12.5 Å². The summed E-state index contributed by atoms with van der Waals surface area (Å²) in [7, 11) is 0. The molecule has 0 fully saturated rings. The third kappa shape index (κ3) is 5.92. The number of allylic oxidation sites excluding steroid dienone is 1. The Kier molecular flexibility index (Phi) is 6.38. The molecular formula is C9H17NO2. The lowest BCUT2D eigenvalue weighted by Crippen LogP contribution is -2.26. The van der Waals surface area contributed by atoms with Crippen molar-refractivity contribution in [2.24, 2.45) is 5.92 Å². The van der Waals surface area contributed by atoms with E-state index in [0.29, 0.717) is 12.5 Å². The highest BCUT2D eigenvalue weighted by Crippen LogP contribution is 1.97. The van der Waals surface area contributed by atoms with Crippen LogP contribution >= 0.6 is 0 Å². The van der Waals surface area contributed by atoms with Crippen LogP contribution in [0.5, 0.6) is 0 Å². The molecule has 3 nitrogen and oxygen atoms in total. The van der Waals surface area contributed by atoms with Crippen LogP contribution in [-0.4, -0.2) is 24.2 Å². The van der Waals surface area contributed by atoms with Crippen molar-refractivity contribution in [1.29, 1.82) is 0 Å². The van der Waals surface area contributed by atoms with Gasteiger partial charge in [-0.2, -0.15) is 0 Å². The van der Waals surface area contributed by atoms with Crippen molar-refractivity contribution in [2.75, 3.05) is 13.2 Å². The van der Waals surface area contributed by atoms with E-state index >= 15 is 0 Å². The molecule has 0 heterocycles. The second-order valence-corrected chi connectivity index (χ2v) is 2.86. The van der Waals surface area contributed by atoms with Gasteiger partial charge in [0.15, 0.2) is 0 Å². The van der Waals surface area contributed by atoms with E-state index in [1.807, 2.05) is 6.92 Å². The maximum atomic E-state index is 10.9. The van der Waals surface area contributed by atoms with Crippen molar-refractivity contribution in [3.63, 3.8) is 0 Å². The number of carbonyl (C=O) groups is 1. The normalized spacial score (nSPS) is 13.2. The molecule has 2 N–H and O–H groups in total. The Bertz CT molecular complexity index is 155. The fourth-order valence-electron chi connectivity index (χ4n) is 0.808. The summed E-state index contributed by atoms with van der Waals surface area (Å²) in [5, 5.41) is 11.3. The van der Waals surface area contributed by atoms with Gasteiger partial charge < -0.3 is 10.4 Å². The molecule has 1 unspecified atom stereocenters. The Morgan fingerprint density at radius 2 is 2.33 bits per heavy atom. The van der Waals surface area contributed by atoms with Crippen LogP contribution in [-0.2, 0) is 4.79 Å². The van der Waals surface area contributed by atoms with Crippen molar-refractivity contribution >= 4 is 5.91 Å². The van der Waals surface area contributed by atoms with Gasteiger partial charge in [-0.15, -0.1) is 0 Å². The van der Waals surface area contributed by atoms with Gasteiger partial charge in [-0.3, -0.25) is 4.79 Å². The summed E-state index contributed by atoms with van der Waals surface area (Å²) in [5.74, 6) is 0.270. The van der Waals surface area contributed by atoms with E-state index in [4.69, 9.17) is 5.11 Å². The summed E-state index contributed by atoms with van der Waals surface area (Å²) in [6, 6.07) is 0. The molecule has 0 aliphatic heterocycles. The molecule has 0 aliphatic carbocycles. The van der Waals surface area contributed by atoms with Gasteiger partial charge in [0.1, 0.15) is 0 Å². The average molecular weight is 171 g/mol. The van der Waals surface area contributed by atoms with E-state index in [9.17, 15) is 4.79 Å². The van der Waals surface area contributed by atoms with Gasteiger partial charge in [-0.25, -0.2) is 0 Å². The number of aliphatic hydroxyl groups is 1. The zero-order chi connectivity index (χ0) is 9.40. The fraction of sp³-hybridized carbons (Fsp3) is 0.667. The quantitative estimate of drug-likeness (QED) is 0.598. The predicted octanol–water partition coefficient (Wildman–Crippen LogP) is 0.697. The molecule has 0 aliphatic rings. The van der Waals surface area contributed by atoms with Gasteiger partial charge in [0.2, 0.25) is 5.91 Å². The molecule has 0 spiro atoms. The Labute approximate surface area is 73.5 Å². The fourth-order valence-corrected chi connectivity index (χ4v) is 0.808. The van der Waals surface area contributed by atoms with Crippen molar-refractivity contribution < 1.29 is 9.90 Å². The van der Waals surface area contributed by atoms with Crippen molar-refractivity contribution in [1.82, 2.24) is 5.32 Å². The Balaban J connectivity index is 3.46. The number of hydrogen-bond acceptors (Lipinski definition) is 2. The number of nitrogens with one attached hydrogen (secondary N) is 1. The van der Waals surface area contributed by atoms with Crippen LogP contribution in [0.4, 0.5) is 0 Å². The highest BCUT2D eigenvalue weighted by molar-refractivity contribution is 5.87. The molecule has 0 saturated carbocycles. The van der Waals surface area contributed by atoms with Crippen LogP contribution in [0.1, 0.15) is 20.3 Å². The maximum Gasteiger partial charge on any atom is 0.243 e. The van der Waals surface area contributed by atoms with Crippen LogP contribution in [0.3, 0.4) is 0 Å². The molecule has 0 aromatic rings. The molecular weight excluding hydrogens is 154 g/mol. The molecule has 1 amide bonds. The number of rotatable bonds is 5. The van der Waals surface area contributed by atoms with E-state index in [0.717, 1.165) is 6.42 Å². The van der Waals surface area contributed by atoms with Crippen molar-refractivity contribution in [2.45, 2.75) is 20.3 Å². The minimum Gasteiger partial charge on any atom is -0.396 e. The summed E-state index contributed by atoms with van der Waals surface area (Å²) >= 11 is 0. The second kappa shape index (κ2) is 6.85. The third-order valence-electron chi connectivity index (χ3n) is 1.56. The topological polar surface area (TPSA) is 49.3 Å².